The molecule has 1 unspecified atom stereocenters. The van der Waals surface area contributed by atoms with Crippen molar-refractivity contribution in [2.45, 2.75) is 52.4 Å². The van der Waals surface area contributed by atoms with Crippen molar-refractivity contribution in [2.75, 3.05) is 20.8 Å². The minimum atomic E-state index is -1.62. The lowest BCUT2D eigenvalue weighted by atomic mass is 9.86. The van der Waals surface area contributed by atoms with E-state index in [-0.39, 0.29) is 24.9 Å². The maximum Gasteiger partial charge on any atom is 0.349 e. The molecule has 8 nitrogen and oxygen atoms in total. The molecule has 1 atom stereocenters. The van der Waals surface area contributed by atoms with Gasteiger partial charge in [-0.2, -0.15) is 5.48 Å². The molecule has 180 valence electrons. The Hall–Kier alpha value is -2.81. The fraction of sp³-hybridized carbons (Fsp3) is 0.542. The highest BCUT2D eigenvalue weighted by Crippen LogP contribution is 2.38. The molecule has 0 radical (unpaired) electrons. The van der Waals surface area contributed by atoms with E-state index < -0.39 is 17.4 Å². The Morgan fingerprint density at radius 1 is 1.03 bits per heavy atom. The molecular formula is C24H31NO7S. The monoisotopic (exact) mass is 477 g/mol. The zero-order valence-corrected chi connectivity index (χ0v) is 20.3. The van der Waals surface area contributed by atoms with Crippen molar-refractivity contribution in [1.82, 2.24) is 5.48 Å². The summed E-state index contributed by atoms with van der Waals surface area (Å²) in [5, 5.41) is 0.901. The maximum absolute atomic E-state index is 13.0. The molecule has 1 heterocycles. The summed E-state index contributed by atoms with van der Waals surface area (Å²) < 4.78 is 16.8. The fourth-order valence-electron chi connectivity index (χ4n) is 4.03. The van der Waals surface area contributed by atoms with Gasteiger partial charge in [0.2, 0.25) is 0 Å². The lowest BCUT2D eigenvalue weighted by molar-refractivity contribution is -0.179. The van der Waals surface area contributed by atoms with Gasteiger partial charge in [0, 0.05) is 28.0 Å². The average molecular weight is 478 g/mol. The van der Waals surface area contributed by atoms with Gasteiger partial charge in [-0.1, -0.05) is 19.3 Å². The van der Waals surface area contributed by atoms with Crippen LogP contribution in [0.2, 0.25) is 0 Å². The van der Waals surface area contributed by atoms with Gasteiger partial charge in [0.15, 0.2) is 16.9 Å². The van der Waals surface area contributed by atoms with Gasteiger partial charge < -0.3 is 19.0 Å². The van der Waals surface area contributed by atoms with E-state index in [0.717, 1.165) is 47.1 Å². The Balaban J connectivity index is 1.80. The smallest absolute Gasteiger partial charge is 0.349 e. The third-order valence-electron chi connectivity index (χ3n) is 6.00. The molecule has 0 aliphatic heterocycles. The van der Waals surface area contributed by atoms with Crippen molar-refractivity contribution in [2.24, 2.45) is 11.3 Å². The lowest BCUT2D eigenvalue weighted by Crippen LogP contribution is -2.45. The van der Waals surface area contributed by atoms with E-state index in [2.05, 4.69) is 5.48 Å². The first-order chi connectivity index (χ1) is 15.8. The third kappa shape index (κ3) is 5.58. The zero-order valence-electron chi connectivity index (χ0n) is 19.5. The zero-order chi connectivity index (χ0) is 24.0. The van der Waals surface area contributed by atoms with Crippen LogP contribution in [0.3, 0.4) is 0 Å². The molecule has 1 aliphatic carbocycles. The topological polar surface area (TPSA) is 100 Å². The average Bonchev–Trinajstić information content (AvgIpc) is 3.22. The second-order valence-electron chi connectivity index (χ2n) is 8.38. The van der Waals surface area contributed by atoms with Crippen LogP contribution in [0.4, 0.5) is 0 Å². The SMILES string of the molecule is CCOC(=O)C(C)(Cc1cc2cc(OC)c(OC)cc2s1)C(=O)ONC(=O)C1CCCCC1. The maximum atomic E-state index is 13.0. The Morgan fingerprint density at radius 3 is 2.33 bits per heavy atom. The number of benzene rings is 1. The molecule has 1 amide bonds. The van der Waals surface area contributed by atoms with Crippen LogP contribution in [0.25, 0.3) is 10.1 Å². The van der Waals surface area contributed by atoms with Crippen LogP contribution < -0.4 is 15.0 Å². The molecule has 2 aromatic rings. The standard InChI is InChI=1S/C24H31NO7S/c1-5-31-22(27)24(2,23(28)32-25-21(26)15-9-7-6-8-10-15)14-17-11-16-12-18(29-3)19(30-4)13-20(16)33-17/h11-13,15H,5-10,14H2,1-4H3,(H,25,26). The molecule has 1 aromatic heterocycles. The highest BCUT2D eigenvalue weighted by atomic mass is 32.1. The Morgan fingerprint density at radius 2 is 1.70 bits per heavy atom. The summed E-state index contributed by atoms with van der Waals surface area (Å²) >= 11 is 1.43. The first-order valence-electron chi connectivity index (χ1n) is 11.1. The van der Waals surface area contributed by atoms with E-state index in [1.807, 2.05) is 18.2 Å². The van der Waals surface area contributed by atoms with Crippen LogP contribution in [0.1, 0.15) is 50.8 Å². The van der Waals surface area contributed by atoms with Crippen LogP contribution >= 0.6 is 11.3 Å². The van der Waals surface area contributed by atoms with Crippen LogP contribution in [-0.2, 0) is 30.4 Å². The second-order valence-corrected chi connectivity index (χ2v) is 9.55. The van der Waals surface area contributed by atoms with Crippen LogP contribution in [-0.4, -0.2) is 38.7 Å². The van der Waals surface area contributed by atoms with E-state index >= 15 is 0 Å². The van der Waals surface area contributed by atoms with Gasteiger partial charge in [-0.15, -0.1) is 11.3 Å². The number of esters is 1. The molecule has 33 heavy (non-hydrogen) atoms. The van der Waals surface area contributed by atoms with Crippen molar-refractivity contribution in [3.63, 3.8) is 0 Å². The number of rotatable bonds is 8. The molecule has 1 saturated carbocycles. The van der Waals surface area contributed by atoms with Gasteiger partial charge in [0.1, 0.15) is 0 Å². The summed E-state index contributed by atoms with van der Waals surface area (Å²) in [6, 6.07) is 5.60. The third-order valence-corrected chi connectivity index (χ3v) is 7.10. The molecule has 0 saturated heterocycles. The Kier molecular flexibility index (Phi) is 8.18. The number of fused-ring (bicyclic) bond motifs is 1. The van der Waals surface area contributed by atoms with Crippen LogP contribution in [0, 0.1) is 11.3 Å². The minimum Gasteiger partial charge on any atom is -0.493 e. The Labute approximate surface area is 197 Å². The molecular weight excluding hydrogens is 446 g/mol. The minimum absolute atomic E-state index is 0.0634. The summed E-state index contributed by atoms with van der Waals surface area (Å²) in [5.74, 6) is -0.862. The summed E-state index contributed by atoms with van der Waals surface area (Å²) in [6.45, 7) is 3.27. The molecule has 1 aliphatic rings. The largest absolute Gasteiger partial charge is 0.493 e. The highest BCUT2D eigenvalue weighted by molar-refractivity contribution is 7.19. The number of hydrogen-bond acceptors (Lipinski definition) is 8. The van der Waals surface area contributed by atoms with Crippen molar-refractivity contribution in [3.8, 4) is 11.5 Å². The van der Waals surface area contributed by atoms with E-state index in [1.54, 1.807) is 21.1 Å². The summed E-state index contributed by atoms with van der Waals surface area (Å²) in [7, 11) is 3.13. The van der Waals surface area contributed by atoms with Gasteiger partial charge in [-0.05, 0) is 44.2 Å². The first kappa shape index (κ1) is 24.8. The molecule has 1 N–H and O–H groups in total. The van der Waals surface area contributed by atoms with Gasteiger partial charge in [0.05, 0.1) is 20.8 Å². The molecule has 1 fully saturated rings. The predicted molar refractivity (Wildman–Crippen MR) is 124 cm³/mol. The van der Waals surface area contributed by atoms with Crippen molar-refractivity contribution < 1.29 is 33.4 Å². The lowest BCUT2D eigenvalue weighted by Gasteiger charge is -2.25. The number of hydroxylamine groups is 1. The molecule has 3 rings (SSSR count). The van der Waals surface area contributed by atoms with Gasteiger partial charge in [-0.25, -0.2) is 4.79 Å². The summed E-state index contributed by atoms with van der Waals surface area (Å²) in [4.78, 5) is 44.1. The van der Waals surface area contributed by atoms with E-state index in [1.165, 1.54) is 18.3 Å². The number of nitrogens with one attached hydrogen (secondary N) is 1. The van der Waals surface area contributed by atoms with Gasteiger partial charge in [-0.3, -0.25) is 9.59 Å². The number of methoxy groups -OCH3 is 2. The second kappa shape index (κ2) is 10.9. The number of amides is 1. The number of hydrogen-bond donors (Lipinski definition) is 1. The molecule has 0 spiro atoms. The first-order valence-corrected chi connectivity index (χ1v) is 12.0. The normalized spacial score (nSPS) is 16.0. The fourth-order valence-corrected chi connectivity index (χ4v) is 5.26. The Bertz CT molecular complexity index is 971. The van der Waals surface area contributed by atoms with E-state index in [4.69, 9.17) is 19.0 Å². The van der Waals surface area contributed by atoms with Crippen molar-refractivity contribution in [1.29, 1.82) is 0 Å². The molecule has 1 aromatic carbocycles. The van der Waals surface area contributed by atoms with Crippen LogP contribution in [0.5, 0.6) is 11.5 Å². The summed E-state index contributed by atoms with van der Waals surface area (Å²) in [5.41, 5.74) is 0.651. The van der Waals surface area contributed by atoms with Gasteiger partial charge >= 0.3 is 11.9 Å². The summed E-state index contributed by atoms with van der Waals surface area (Å²) in [6.07, 6.45) is 4.67. The molecule has 9 heteroatoms. The quantitative estimate of drug-likeness (QED) is 0.346. The van der Waals surface area contributed by atoms with Crippen molar-refractivity contribution >= 4 is 39.3 Å². The van der Waals surface area contributed by atoms with Crippen molar-refractivity contribution in [3.05, 3.63) is 23.1 Å². The number of ether oxygens (including phenoxy) is 3. The van der Waals surface area contributed by atoms with Gasteiger partial charge in [0.25, 0.3) is 5.91 Å². The van der Waals surface area contributed by atoms with E-state index in [0.29, 0.717) is 11.5 Å². The number of carbonyl (C=O) groups excluding carboxylic acids is 3. The highest BCUT2D eigenvalue weighted by Gasteiger charge is 2.46. The number of thiophene rings is 1. The molecule has 0 bridgehead atoms. The number of carbonyl (C=O) groups is 3. The predicted octanol–water partition coefficient (Wildman–Crippen LogP) is 4.19. The van der Waals surface area contributed by atoms with E-state index in [9.17, 15) is 14.4 Å². The van der Waals surface area contributed by atoms with Crippen LogP contribution in [0.15, 0.2) is 18.2 Å².